The van der Waals surface area contributed by atoms with Crippen LogP contribution in [0.1, 0.15) is 5.56 Å². The van der Waals surface area contributed by atoms with Crippen LogP contribution in [0.2, 0.25) is 0 Å². The summed E-state index contributed by atoms with van der Waals surface area (Å²) in [6.07, 6.45) is 8.71. The van der Waals surface area contributed by atoms with Crippen molar-refractivity contribution in [3.8, 4) is 18.0 Å². The Balaban J connectivity index is 2.06. The van der Waals surface area contributed by atoms with Crippen molar-refractivity contribution < 1.29 is 4.79 Å². The average Bonchev–Trinajstić information content (AvgIpc) is 2.91. The molecule has 0 aliphatic rings. The van der Waals surface area contributed by atoms with Crippen LogP contribution in [0, 0.1) is 19.3 Å². The second kappa shape index (κ2) is 6.83. The number of carbonyl (C=O) groups excluding carboxylic acids is 1. The van der Waals surface area contributed by atoms with Crippen molar-refractivity contribution in [2.45, 2.75) is 12.1 Å². The molecule has 5 heteroatoms. The van der Waals surface area contributed by atoms with Gasteiger partial charge in [0.15, 0.2) is 5.16 Å². The first-order valence-corrected chi connectivity index (χ1v) is 7.12. The van der Waals surface area contributed by atoms with E-state index in [2.05, 4.69) is 22.3 Å². The van der Waals surface area contributed by atoms with Crippen LogP contribution >= 0.6 is 11.8 Å². The van der Waals surface area contributed by atoms with Crippen LogP contribution in [0.3, 0.4) is 0 Å². The number of nitrogens with one attached hydrogen (secondary N) is 1. The number of terminal acetylenes is 1. The Kier molecular flexibility index (Phi) is 4.85. The van der Waals surface area contributed by atoms with Crippen LogP contribution in [-0.2, 0) is 4.79 Å². The van der Waals surface area contributed by atoms with Crippen molar-refractivity contribution >= 4 is 17.7 Å². The largest absolute Gasteiger partial charge is 0.344 e. The molecule has 1 heterocycles. The number of nitrogens with zero attached hydrogens (tertiary/aromatic N) is 2. The minimum Gasteiger partial charge on any atom is -0.344 e. The van der Waals surface area contributed by atoms with Crippen molar-refractivity contribution in [3.63, 3.8) is 0 Å². The van der Waals surface area contributed by atoms with Gasteiger partial charge in [-0.1, -0.05) is 29.8 Å². The monoisotopic (exact) mass is 285 g/mol. The second-order valence-electron chi connectivity index (χ2n) is 4.19. The molecule has 2 aromatic rings. The third-order valence-corrected chi connectivity index (χ3v) is 3.57. The highest BCUT2D eigenvalue weighted by Gasteiger charge is 2.08. The summed E-state index contributed by atoms with van der Waals surface area (Å²) in [4.78, 5) is 15.8. The molecule has 1 aromatic carbocycles. The van der Waals surface area contributed by atoms with Gasteiger partial charge < -0.3 is 5.32 Å². The Morgan fingerprint density at radius 1 is 1.55 bits per heavy atom. The van der Waals surface area contributed by atoms with Crippen LogP contribution in [0.15, 0.2) is 41.8 Å². The minimum atomic E-state index is -0.0910. The lowest BCUT2D eigenvalue weighted by Gasteiger charge is -2.08. The van der Waals surface area contributed by atoms with Crippen molar-refractivity contribution in [1.82, 2.24) is 14.9 Å². The minimum absolute atomic E-state index is 0.0910. The third-order valence-electron chi connectivity index (χ3n) is 2.61. The zero-order valence-corrected chi connectivity index (χ0v) is 12.0. The van der Waals surface area contributed by atoms with Gasteiger partial charge in [0.1, 0.15) is 0 Å². The number of rotatable bonds is 5. The first kappa shape index (κ1) is 14.2. The Bertz CT molecular complexity index is 643. The van der Waals surface area contributed by atoms with Crippen molar-refractivity contribution in [1.29, 1.82) is 0 Å². The predicted molar refractivity (Wildman–Crippen MR) is 80.9 cm³/mol. The number of aryl methyl sites for hydroxylation is 1. The smallest absolute Gasteiger partial charge is 0.231 e. The predicted octanol–water partition coefficient (Wildman–Crippen LogP) is 2.02. The molecule has 0 radical (unpaired) electrons. The molecule has 0 unspecified atom stereocenters. The summed E-state index contributed by atoms with van der Waals surface area (Å²) in [5, 5.41) is 3.41. The average molecular weight is 285 g/mol. The highest BCUT2D eigenvalue weighted by molar-refractivity contribution is 7.99. The van der Waals surface area contributed by atoms with E-state index >= 15 is 0 Å². The quantitative estimate of drug-likeness (QED) is 0.675. The summed E-state index contributed by atoms with van der Waals surface area (Å²) in [6, 6.07) is 8.13. The van der Waals surface area contributed by atoms with E-state index in [-0.39, 0.29) is 12.5 Å². The number of hydrogen-bond acceptors (Lipinski definition) is 3. The van der Waals surface area contributed by atoms with Gasteiger partial charge in [0.2, 0.25) is 5.91 Å². The third kappa shape index (κ3) is 3.65. The number of thioether (sulfide) groups is 1. The molecule has 0 saturated carbocycles. The Hall–Kier alpha value is -2.19. The van der Waals surface area contributed by atoms with Crippen molar-refractivity contribution in [2.75, 3.05) is 12.3 Å². The molecule has 1 N–H and O–H groups in total. The molecule has 2 rings (SSSR count). The number of aromatic nitrogens is 2. The maximum Gasteiger partial charge on any atom is 0.231 e. The van der Waals surface area contributed by atoms with E-state index in [1.807, 2.05) is 35.9 Å². The SMILES string of the molecule is C#CCNC(=O)CSc1nccn1-c1cccc(C)c1. The standard InChI is InChI=1S/C15H15N3OS/c1-3-7-16-14(19)11-20-15-17-8-9-18(15)13-6-4-5-12(2)10-13/h1,4-6,8-10H,7,11H2,2H3,(H,16,19). The molecule has 0 fully saturated rings. The highest BCUT2D eigenvalue weighted by Crippen LogP contribution is 2.20. The van der Waals surface area contributed by atoms with Gasteiger partial charge in [-0.05, 0) is 24.6 Å². The fraction of sp³-hybridized carbons (Fsp3) is 0.200. The Morgan fingerprint density at radius 3 is 3.15 bits per heavy atom. The first-order chi connectivity index (χ1) is 9.70. The molecule has 102 valence electrons. The Morgan fingerprint density at radius 2 is 2.40 bits per heavy atom. The van der Waals surface area contributed by atoms with Crippen LogP contribution in [0.25, 0.3) is 5.69 Å². The zero-order valence-electron chi connectivity index (χ0n) is 11.2. The van der Waals surface area contributed by atoms with Gasteiger partial charge in [-0.3, -0.25) is 9.36 Å². The highest BCUT2D eigenvalue weighted by atomic mass is 32.2. The van der Waals surface area contributed by atoms with E-state index in [4.69, 9.17) is 6.42 Å². The maximum absolute atomic E-state index is 11.5. The summed E-state index contributed by atoms with van der Waals surface area (Å²) in [5.74, 6) is 2.58. The van der Waals surface area contributed by atoms with E-state index < -0.39 is 0 Å². The summed E-state index contributed by atoms with van der Waals surface area (Å²) in [7, 11) is 0. The summed E-state index contributed by atoms with van der Waals surface area (Å²) in [6.45, 7) is 2.30. The van der Waals surface area contributed by atoms with Crippen LogP contribution in [0.5, 0.6) is 0 Å². The molecule has 1 aromatic heterocycles. The molecule has 0 bridgehead atoms. The number of benzene rings is 1. The molecule has 0 aliphatic heterocycles. The fourth-order valence-corrected chi connectivity index (χ4v) is 2.50. The Labute approximate surface area is 122 Å². The molecular weight excluding hydrogens is 270 g/mol. The van der Waals surface area contributed by atoms with E-state index in [1.165, 1.54) is 17.3 Å². The van der Waals surface area contributed by atoms with E-state index in [0.29, 0.717) is 5.75 Å². The molecule has 4 nitrogen and oxygen atoms in total. The topological polar surface area (TPSA) is 46.9 Å². The van der Waals surface area contributed by atoms with Gasteiger partial charge in [0.25, 0.3) is 0 Å². The molecule has 0 saturated heterocycles. The zero-order chi connectivity index (χ0) is 14.4. The van der Waals surface area contributed by atoms with Crippen molar-refractivity contribution in [3.05, 3.63) is 42.2 Å². The van der Waals surface area contributed by atoms with Gasteiger partial charge in [-0.15, -0.1) is 6.42 Å². The molecule has 0 atom stereocenters. The second-order valence-corrected chi connectivity index (χ2v) is 5.13. The van der Waals surface area contributed by atoms with Gasteiger partial charge in [0, 0.05) is 18.1 Å². The fourth-order valence-electron chi connectivity index (χ4n) is 1.70. The summed E-state index contributed by atoms with van der Waals surface area (Å²) >= 11 is 1.38. The van der Waals surface area contributed by atoms with E-state index in [0.717, 1.165) is 10.8 Å². The van der Waals surface area contributed by atoms with Crippen molar-refractivity contribution in [2.24, 2.45) is 0 Å². The first-order valence-electron chi connectivity index (χ1n) is 6.14. The number of carbonyl (C=O) groups is 1. The van der Waals surface area contributed by atoms with E-state index in [1.54, 1.807) is 6.20 Å². The summed E-state index contributed by atoms with van der Waals surface area (Å²) in [5.41, 5.74) is 2.22. The number of amides is 1. The normalized spacial score (nSPS) is 10.0. The van der Waals surface area contributed by atoms with Gasteiger partial charge in [0.05, 0.1) is 12.3 Å². The lowest BCUT2D eigenvalue weighted by molar-refractivity contribution is -0.118. The lowest BCUT2D eigenvalue weighted by Crippen LogP contribution is -2.25. The molecule has 20 heavy (non-hydrogen) atoms. The van der Waals surface area contributed by atoms with Crippen LogP contribution < -0.4 is 5.32 Å². The van der Waals surface area contributed by atoms with E-state index in [9.17, 15) is 4.79 Å². The molecule has 1 amide bonds. The van der Waals surface area contributed by atoms with Gasteiger partial charge >= 0.3 is 0 Å². The maximum atomic E-state index is 11.5. The molecular formula is C15H15N3OS. The number of imidazole rings is 1. The summed E-state index contributed by atoms with van der Waals surface area (Å²) < 4.78 is 1.96. The lowest BCUT2D eigenvalue weighted by atomic mass is 10.2. The van der Waals surface area contributed by atoms with Gasteiger partial charge in [-0.2, -0.15) is 0 Å². The van der Waals surface area contributed by atoms with Crippen LogP contribution in [-0.4, -0.2) is 27.8 Å². The molecule has 0 spiro atoms. The van der Waals surface area contributed by atoms with Gasteiger partial charge in [-0.25, -0.2) is 4.98 Å². The van der Waals surface area contributed by atoms with Crippen LogP contribution in [0.4, 0.5) is 0 Å². The molecule has 0 aliphatic carbocycles. The number of hydrogen-bond donors (Lipinski definition) is 1.